The SMILES string of the molecule is C=CC(=O)Nc1cc(-c2ccccn2)c2[nH]c(-c3ccc(Cl)c(Cl)c3)cc2c1. The topological polar surface area (TPSA) is 57.8 Å². The Morgan fingerprint density at radius 3 is 2.64 bits per heavy atom. The Kier molecular flexibility index (Phi) is 4.90. The van der Waals surface area contributed by atoms with Crippen molar-refractivity contribution in [3.8, 4) is 22.5 Å². The van der Waals surface area contributed by atoms with Crippen LogP contribution < -0.4 is 5.32 Å². The van der Waals surface area contributed by atoms with Gasteiger partial charge in [0, 0.05) is 28.5 Å². The van der Waals surface area contributed by atoms with Crippen molar-refractivity contribution in [3.05, 3.63) is 83.5 Å². The first-order valence-corrected chi connectivity index (χ1v) is 9.28. The average Bonchev–Trinajstić information content (AvgIpc) is 3.14. The number of benzene rings is 2. The highest BCUT2D eigenvalue weighted by Gasteiger charge is 2.13. The van der Waals surface area contributed by atoms with E-state index >= 15 is 0 Å². The van der Waals surface area contributed by atoms with Crippen LogP contribution in [0, 0.1) is 0 Å². The minimum Gasteiger partial charge on any atom is -0.354 e. The number of rotatable bonds is 4. The summed E-state index contributed by atoms with van der Waals surface area (Å²) in [5, 5.41) is 4.75. The summed E-state index contributed by atoms with van der Waals surface area (Å²) < 4.78 is 0. The normalized spacial score (nSPS) is 10.8. The molecule has 2 aromatic heterocycles. The summed E-state index contributed by atoms with van der Waals surface area (Å²) in [4.78, 5) is 19.7. The van der Waals surface area contributed by atoms with E-state index in [0.29, 0.717) is 15.7 Å². The second-order valence-electron chi connectivity index (χ2n) is 6.21. The van der Waals surface area contributed by atoms with Crippen molar-refractivity contribution in [2.24, 2.45) is 0 Å². The molecule has 0 aliphatic carbocycles. The van der Waals surface area contributed by atoms with Crippen molar-refractivity contribution in [2.45, 2.75) is 0 Å². The van der Waals surface area contributed by atoms with E-state index in [1.54, 1.807) is 12.3 Å². The van der Waals surface area contributed by atoms with Crippen molar-refractivity contribution >= 4 is 45.7 Å². The fourth-order valence-electron chi connectivity index (χ4n) is 3.05. The third-order valence-corrected chi connectivity index (χ3v) is 5.09. The number of H-pyrrole nitrogens is 1. The van der Waals surface area contributed by atoms with Crippen LogP contribution in [0.5, 0.6) is 0 Å². The molecule has 6 heteroatoms. The molecule has 0 atom stereocenters. The largest absolute Gasteiger partial charge is 0.354 e. The number of nitrogens with zero attached hydrogens (tertiary/aromatic N) is 1. The highest BCUT2D eigenvalue weighted by molar-refractivity contribution is 6.42. The second kappa shape index (κ2) is 7.50. The van der Waals surface area contributed by atoms with E-state index in [-0.39, 0.29) is 5.91 Å². The molecule has 2 N–H and O–H groups in total. The van der Waals surface area contributed by atoms with Crippen molar-refractivity contribution in [1.29, 1.82) is 0 Å². The number of aromatic amines is 1. The van der Waals surface area contributed by atoms with Crippen LogP contribution in [0.1, 0.15) is 0 Å². The molecular formula is C22H15Cl2N3O. The molecule has 0 aliphatic heterocycles. The first-order valence-electron chi connectivity index (χ1n) is 8.52. The van der Waals surface area contributed by atoms with E-state index in [9.17, 15) is 4.79 Å². The Hall–Kier alpha value is -3.08. The van der Waals surface area contributed by atoms with Crippen LogP contribution in [0.15, 0.2) is 73.4 Å². The maximum Gasteiger partial charge on any atom is 0.247 e. The lowest BCUT2D eigenvalue weighted by Crippen LogP contribution is -2.07. The van der Waals surface area contributed by atoms with E-state index in [1.807, 2.05) is 48.5 Å². The van der Waals surface area contributed by atoms with Crippen molar-refractivity contribution in [3.63, 3.8) is 0 Å². The Balaban J connectivity index is 1.91. The van der Waals surface area contributed by atoms with Gasteiger partial charge in [-0.15, -0.1) is 0 Å². The van der Waals surface area contributed by atoms with Crippen LogP contribution in [0.2, 0.25) is 10.0 Å². The van der Waals surface area contributed by atoms with Gasteiger partial charge >= 0.3 is 0 Å². The van der Waals surface area contributed by atoms with Gasteiger partial charge in [0.05, 0.1) is 21.3 Å². The third-order valence-electron chi connectivity index (χ3n) is 4.35. The number of pyridine rings is 1. The molecule has 138 valence electrons. The molecule has 28 heavy (non-hydrogen) atoms. The summed E-state index contributed by atoms with van der Waals surface area (Å²) in [6.07, 6.45) is 2.97. The Morgan fingerprint density at radius 2 is 1.93 bits per heavy atom. The summed E-state index contributed by atoms with van der Waals surface area (Å²) >= 11 is 12.2. The average molecular weight is 408 g/mol. The van der Waals surface area contributed by atoms with Crippen LogP contribution in [0.4, 0.5) is 5.69 Å². The number of amides is 1. The zero-order valence-electron chi connectivity index (χ0n) is 14.7. The lowest BCUT2D eigenvalue weighted by Gasteiger charge is -2.08. The van der Waals surface area contributed by atoms with Gasteiger partial charge in [0.1, 0.15) is 0 Å². The van der Waals surface area contributed by atoms with Gasteiger partial charge in [-0.25, -0.2) is 0 Å². The molecule has 0 fully saturated rings. The van der Waals surface area contributed by atoms with Gasteiger partial charge in [-0.3, -0.25) is 9.78 Å². The predicted molar refractivity (Wildman–Crippen MR) is 116 cm³/mol. The predicted octanol–water partition coefficient (Wildman–Crippen LogP) is 6.33. The molecule has 0 aliphatic rings. The van der Waals surface area contributed by atoms with E-state index in [4.69, 9.17) is 23.2 Å². The summed E-state index contributed by atoms with van der Waals surface area (Å²) in [5.41, 5.74) is 5.05. The van der Waals surface area contributed by atoms with E-state index in [1.165, 1.54) is 6.08 Å². The molecule has 0 unspecified atom stereocenters. The van der Waals surface area contributed by atoms with Crippen LogP contribution in [-0.2, 0) is 4.79 Å². The number of hydrogen-bond donors (Lipinski definition) is 2. The van der Waals surface area contributed by atoms with Crippen LogP contribution in [0.25, 0.3) is 33.4 Å². The van der Waals surface area contributed by atoms with Crippen LogP contribution >= 0.6 is 23.2 Å². The van der Waals surface area contributed by atoms with Gasteiger partial charge < -0.3 is 10.3 Å². The fourth-order valence-corrected chi connectivity index (χ4v) is 3.35. The zero-order chi connectivity index (χ0) is 19.7. The van der Waals surface area contributed by atoms with Gasteiger partial charge in [0.25, 0.3) is 0 Å². The lowest BCUT2D eigenvalue weighted by atomic mass is 10.1. The minimum absolute atomic E-state index is 0.272. The van der Waals surface area contributed by atoms with Gasteiger partial charge in [0.15, 0.2) is 0 Å². The van der Waals surface area contributed by atoms with Crippen molar-refractivity contribution in [2.75, 3.05) is 5.32 Å². The summed E-state index contributed by atoms with van der Waals surface area (Å²) in [5.74, 6) is -0.272. The number of anilines is 1. The van der Waals surface area contributed by atoms with E-state index in [2.05, 4.69) is 21.9 Å². The van der Waals surface area contributed by atoms with E-state index in [0.717, 1.165) is 33.4 Å². The maximum absolute atomic E-state index is 11.8. The number of halogens is 2. The number of carbonyl (C=O) groups is 1. The summed E-state index contributed by atoms with van der Waals surface area (Å²) in [6, 6.07) is 17.0. The van der Waals surface area contributed by atoms with Gasteiger partial charge in [-0.2, -0.15) is 0 Å². The zero-order valence-corrected chi connectivity index (χ0v) is 16.2. The molecule has 4 nitrogen and oxygen atoms in total. The van der Waals surface area contributed by atoms with Crippen molar-refractivity contribution in [1.82, 2.24) is 9.97 Å². The number of carbonyl (C=O) groups excluding carboxylic acids is 1. The molecule has 0 saturated heterocycles. The maximum atomic E-state index is 11.8. The monoisotopic (exact) mass is 407 g/mol. The molecular weight excluding hydrogens is 393 g/mol. The smallest absolute Gasteiger partial charge is 0.247 e. The van der Waals surface area contributed by atoms with Crippen LogP contribution in [-0.4, -0.2) is 15.9 Å². The Labute approximate surface area is 171 Å². The van der Waals surface area contributed by atoms with Crippen LogP contribution in [0.3, 0.4) is 0 Å². The first kappa shape index (κ1) is 18.3. The summed E-state index contributed by atoms with van der Waals surface area (Å²) in [6.45, 7) is 3.50. The highest BCUT2D eigenvalue weighted by atomic mass is 35.5. The molecule has 0 radical (unpaired) electrons. The molecule has 0 spiro atoms. The number of aromatic nitrogens is 2. The molecule has 4 rings (SSSR count). The number of nitrogens with one attached hydrogen (secondary N) is 2. The second-order valence-corrected chi connectivity index (χ2v) is 7.02. The van der Waals surface area contributed by atoms with E-state index < -0.39 is 0 Å². The Morgan fingerprint density at radius 1 is 1.07 bits per heavy atom. The molecule has 0 saturated carbocycles. The van der Waals surface area contributed by atoms with Crippen molar-refractivity contribution < 1.29 is 4.79 Å². The Bertz CT molecular complexity index is 1200. The number of hydrogen-bond acceptors (Lipinski definition) is 2. The highest BCUT2D eigenvalue weighted by Crippen LogP contribution is 2.35. The quantitative estimate of drug-likeness (QED) is 0.388. The first-order chi connectivity index (χ1) is 13.5. The molecule has 1 amide bonds. The fraction of sp³-hybridized carbons (Fsp3) is 0. The van der Waals surface area contributed by atoms with Gasteiger partial charge in [-0.1, -0.05) is 41.9 Å². The van der Waals surface area contributed by atoms with Gasteiger partial charge in [-0.05, 0) is 54.1 Å². The van der Waals surface area contributed by atoms with Gasteiger partial charge in [0.2, 0.25) is 5.91 Å². The standard InChI is InChI=1S/C22H15Cl2N3O/c1-2-21(28)26-15-9-14-11-20(13-6-7-17(23)18(24)10-13)27-22(14)16(12-15)19-5-3-4-8-25-19/h2-12,27H,1H2,(H,26,28). The summed E-state index contributed by atoms with van der Waals surface area (Å²) in [7, 11) is 0. The molecule has 4 aromatic rings. The third kappa shape index (κ3) is 3.52. The molecule has 0 bridgehead atoms. The molecule has 2 aromatic carbocycles. The molecule has 2 heterocycles. The lowest BCUT2D eigenvalue weighted by molar-refractivity contribution is -0.111. The number of fused-ring (bicyclic) bond motifs is 1. The minimum atomic E-state index is -0.272.